The molecule has 3 N–H and O–H groups in total. The quantitative estimate of drug-likeness (QED) is 0.196. The number of esters is 3. The van der Waals surface area contributed by atoms with Gasteiger partial charge in [0.2, 0.25) is 5.91 Å². The number of fused-ring (bicyclic) bond motifs is 2. The lowest BCUT2D eigenvalue weighted by Gasteiger charge is -2.29. The molecule has 0 fully saturated rings. The Bertz CT molecular complexity index is 1530. The first-order chi connectivity index (χ1) is 22.1. The summed E-state index contributed by atoms with van der Waals surface area (Å²) in [5.41, 5.74) is 5.24. The Labute approximate surface area is 282 Å². The molecule has 0 saturated heterocycles. The lowest BCUT2D eigenvalue weighted by atomic mass is 9.82. The van der Waals surface area contributed by atoms with Gasteiger partial charge in [0.25, 0.3) is 0 Å². The van der Waals surface area contributed by atoms with E-state index in [1.54, 1.807) is 80.5 Å². The van der Waals surface area contributed by atoms with Crippen LogP contribution in [-0.4, -0.2) is 53.3 Å². The summed E-state index contributed by atoms with van der Waals surface area (Å²) in [6.07, 6.45) is -0.225. The van der Waals surface area contributed by atoms with Crippen molar-refractivity contribution in [2.45, 2.75) is 105 Å². The van der Waals surface area contributed by atoms with Gasteiger partial charge in [-0.3, -0.25) is 19.7 Å². The van der Waals surface area contributed by atoms with E-state index in [0.717, 1.165) is 0 Å². The molecule has 0 aliphatic carbocycles. The standard InChI is InChI=1S/C36H48N2O10/c1-34(2,3)46-29(39)20-26(32(42)47-35(4,5)6)25(30(37)40)18-21-12-10-14-27-23(21)13-11-17-44-28-19-22(15-16-24(28)31(41)45-27)38-33(43)48-36(7,8)9/h10,12,14-16,19,25-26H,11,13,17-18,20H2,1-9H3,(H2,37,40)(H,38,43)/t25?,26-/m0/s1. The minimum atomic E-state index is -1.23. The van der Waals surface area contributed by atoms with Gasteiger partial charge in [-0.1, -0.05) is 12.1 Å². The first kappa shape index (κ1) is 37.8. The van der Waals surface area contributed by atoms with Gasteiger partial charge in [-0.25, -0.2) is 9.59 Å². The minimum Gasteiger partial charge on any atom is -0.493 e. The van der Waals surface area contributed by atoms with E-state index >= 15 is 0 Å². The predicted molar refractivity (Wildman–Crippen MR) is 178 cm³/mol. The van der Waals surface area contributed by atoms with E-state index in [9.17, 15) is 24.0 Å². The molecular weight excluding hydrogens is 620 g/mol. The van der Waals surface area contributed by atoms with Crippen LogP contribution in [0.2, 0.25) is 0 Å². The molecule has 12 nitrogen and oxygen atoms in total. The number of anilines is 1. The van der Waals surface area contributed by atoms with Crippen molar-refractivity contribution in [3.63, 3.8) is 0 Å². The fraction of sp³-hybridized carbons (Fsp3) is 0.528. The van der Waals surface area contributed by atoms with Crippen LogP contribution >= 0.6 is 0 Å². The first-order valence-corrected chi connectivity index (χ1v) is 16.0. The molecule has 12 heteroatoms. The van der Waals surface area contributed by atoms with Crippen LogP contribution in [0, 0.1) is 11.8 Å². The zero-order valence-corrected chi connectivity index (χ0v) is 29.3. The topological polar surface area (TPSA) is 170 Å². The van der Waals surface area contributed by atoms with Gasteiger partial charge in [0, 0.05) is 11.8 Å². The molecule has 0 aromatic heterocycles. The second-order valence-electron chi connectivity index (χ2n) is 14.7. The van der Waals surface area contributed by atoms with Gasteiger partial charge in [-0.2, -0.15) is 0 Å². The first-order valence-electron chi connectivity index (χ1n) is 16.0. The van der Waals surface area contributed by atoms with Crippen LogP contribution < -0.4 is 20.5 Å². The van der Waals surface area contributed by atoms with E-state index in [2.05, 4.69) is 5.32 Å². The monoisotopic (exact) mass is 668 g/mol. The maximum absolute atomic E-state index is 13.4. The summed E-state index contributed by atoms with van der Waals surface area (Å²) < 4.78 is 28.2. The number of benzene rings is 2. The summed E-state index contributed by atoms with van der Waals surface area (Å²) in [6, 6.07) is 9.63. The second-order valence-corrected chi connectivity index (χ2v) is 14.7. The van der Waals surface area contributed by atoms with Crippen LogP contribution in [0.25, 0.3) is 0 Å². The molecule has 48 heavy (non-hydrogen) atoms. The van der Waals surface area contributed by atoms with E-state index in [0.29, 0.717) is 29.7 Å². The lowest BCUT2D eigenvalue weighted by Crippen LogP contribution is -2.41. The van der Waals surface area contributed by atoms with Crippen molar-refractivity contribution in [3.05, 3.63) is 53.1 Å². The van der Waals surface area contributed by atoms with Gasteiger partial charge in [-0.15, -0.1) is 0 Å². The number of hydrogen-bond acceptors (Lipinski definition) is 10. The molecule has 2 aromatic carbocycles. The number of carbonyl (C=O) groups excluding carboxylic acids is 5. The number of amides is 2. The van der Waals surface area contributed by atoms with Crippen molar-refractivity contribution >= 4 is 35.6 Å². The number of nitrogens with two attached hydrogens (primary N) is 1. The number of hydrogen-bond donors (Lipinski definition) is 2. The SMILES string of the molecule is CC(C)(C)OC(=O)C[C@H](C(=O)OC(C)(C)C)C(Cc1cccc2c1CCCOc1cc(NC(=O)OC(C)(C)C)ccc1C(=O)O2)C(N)=O. The second kappa shape index (κ2) is 15.1. The van der Waals surface area contributed by atoms with Gasteiger partial charge in [0.15, 0.2) is 0 Å². The summed E-state index contributed by atoms with van der Waals surface area (Å²) in [7, 11) is 0. The van der Waals surface area contributed by atoms with Gasteiger partial charge in [0.1, 0.15) is 33.9 Å². The van der Waals surface area contributed by atoms with Crippen LogP contribution in [0.5, 0.6) is 11.5 Å². The van der Waals surface area contributed by atoms with Crippen molar-refractivity contribution in [1.29, 1.82) is 0 Å². The van der Waals surface area contributed by atoms with Crippen molar-refractivity contribution in [2.24, 2.45) is 17.6 Å². The van der Waals surface area contributed by atoms with E-state index in [1.165, 1.54) is 18.2 Å². The average Bonchev–Trinajstić information content (AvgIpc) is 2.90. The third kappa shape index (κ3) is 11.6. The summed E-state index contributed by atoms with van der Waals surface area (Å²) >= 11 is 0. The van der Waals surface area contributed by atoms with Gasteiger partial charge in [0.05, 0.1) is 24.9 Å². The highest BCUT2D eigenvalue weighted by Gasteiger charge is 2.39. The molecule has 0 saturated carbocycles. The van der Waals surface area contributed by atoms with Crippen LogP contribution in [0.3, 0.4) is 0 Å². The smallest absolute Gasteiger partial charge is 0.412 e. The molecule has 0 radical (unpaired) electrons. The molecule has 1 aliphatic rings. The van der Waals surface area contributed by atoms with Gasteiger partial charge < -0.3 is 29.4 Å². The van der Waals surface area contributed by atoms with Crippen LogP contribution in [0.1, 0.15) is 96.6 Å². The summed E-state index contributed by atoms with van der Waals surface area (Å²) in [4.78, 5) is 64.9. The minimum absolute atomic E-state index is 0.0279. The number of rotatable bonds is 8. The molecule has 1 unspecified atom stereocenters. The number of primary amides is 1. The molecule has 2 aromatic rings. The van der Waals surface area contributed by atoms with Crippen LogP contribution in [-0.2, 0) is 41.4 Å². The molecular formula is C36H48N2O10. The van der Waals surface area contributed by atoms with Crippen molar-refractivity contribution in [2.75, 3.05) is 11.9 Å². The maximum Gasteiger partial charge on any atom is 0.412 e. The van der Waals surface area contributed by atoms with E-state index in [-0.39, 0.29) is 30.1 Å². The lowest BCUT2D eigenvalue weighted by molar-refractivity contribution is -0.170. The summed E-state index contributed by atoms with van der Waals surface area (Å²) in [5, 5.41) is 2.64. The molecule has 3 rings (SSSR count). The highest BCUT2D eigenvalue weighted by Crippen LogP contribution is 2.33. The Balaban J connectivity index is 1.93. The fourth-order valence-corrected chi connectivity index (χ4v) is 5.09. The molecule has 0 bridgehead atoms. The molecule has 0 spiro atoms. The Kier molecular flexibility index (Phi) is 11.9. The van der Waals surface area contributed by atoms with Gasteiger partial charge in [-0.05, 0) is 111 Å². The third-order valence-electron chi connectivity index (χ3n) is 6.92. The third-order valence-corrected chi connectivity index (χ3v) is 6.92. The molecule has 262 valence electrons. The summed E-state index contributed by atoms with van der Waals surface area (Å²) in [5.74, 6) is -4.79. The highest BCUT2D eigenvalue weighted by atomic mass is 16.6. The average molecular weight is 669 g/mol. The number of ether oxygens (including phenoxy) is 5. The Morgan fingerprint density at radius 2 is 1.50 bits per heavy atom. The van der Waals surface area contributed by atoms with Crippen molar-refractivity contribution in [3.8, 4) is 11.5 Å². The molecule has 2 amide bonds. The molecule has 1 aliphatic heterocycles. The van der Waals surface area contributed by atoms with Crippen LogP contribution in [0.4, 0.5) is 10.5 Å². The van der Waals surface area contributed by atoms with Gasteiger partial charge >= 0.3 is 24.0 Å². The van der Waals surface area contributed by atoms with E-state index in [1.807, 2.05) is 0 Å². The zero-order chi connectivity index (χ0) is 36.0. The van der Waals surface area contributed by atoms with Crippen molar-refractivity contribution < 1.29 is 47.7 Å². The predicted octanol–water partition coefficient (Wildman–Crippen LogP) is 5.91. The normalized spacial score (nSPS) is 14.9. The van der Waals surface area contributed by atoms with E-state index in [4.69, 9.17) is 29.4 Å². The Morgan fingerprint density at radius 1 is 0.854 bits per heavy atom. The summed E-state index contributed by atoms with van der Waals surface area (Å²) in [6.45, 7) is 15.6. The molecule has 2 atom stereocenters. The number of nitrogens with one attached hydrogen (secondary N) is 1. The van der Waals surface area contributed by atoms with E-state index < -0.39 is 65.0 Å². The number of carbonyl (C=O) groups is 5. The maximum atomic E-state index is 13.4. The largest absolute Gasteiger partial charge is 0.493 e. The highest BCUT2D eigenvalue weighted by molar-refractivity contribution is 5.96. The Morgan fingerprint density at radius 3 is 2.10 bits per heavy atom. The van der Waals surface area contributed by atoms with Crippen LogP contribution in [0.15, 0.2) is 36.4 Å². The zero-order valence-electron chi connectivity index (χ0n) is 29.3. The molecule has 1 heterocycles. The Hall–Kier alpha value is -4.61. The van der Waals surface area contributed by atoms with Crippen molar-refractivity contribution in [1.82, 2.24) is 0 Å². The fourth-order valence-electron chi connectivity index (χ4n) is 5.09.